The third kappa shape index (κ3) is 2.54. The van der Waals surface area contributed by atoms with Gasteiger partial charge in [0.2, 0.25) is 0 Å². The fourth-order valence-corrected chi connectivity index (χ4v) is 2.51. The topological polar surface area (TPSA) is 29.9 Å². The molecule has 18 heavy (non-hydrogen) atoms. The lowest BCUT2D eigenvalue weighted by Gasteiger charge is -2.10. The number of hydrogen-bond acceptors (Lipinski definition) is 2. The normalized spacial score (nSPS) is 14.8. The highest BCUT2D eigenvalue weighted by Gasteiger charge is 2.24. The minimum absolute atomic E-state index is 0.655. The van der Waals surface area contributed by atoms with E-state index in [1.807, 2.05) is 30.7 Å². The van der Waals surface area contributed by atoms with E-state index in [-0.39, 0.29) is 0 Å². The van der Waals surface area contributed by atoms with Gasteiger partial charge in [-0.05, 0) is 31.0 Å². The Morgan fingerprint density at radius 2 is 2.28 bits per heavy atom. The standard InChI is InChI=1S/C13H13BrClN3/c14-9-1-4-12(15)13(5-9)17-7-11-6-16-8-18(11)10-2-3-10/h1,4-6,8,10,17H,2-3,7H2. The van der Waals surface area contributed by atoms with Crippen molar-refractivity contribution in [2.24, 2.45) is 0 Å². The highest BCUT2D eigenvalue weighted by atomic mass is 79.9. The van der Waals surface area contributed by atoms with Gasteiger partial charge >= 0.3 is 0 Å². The van der Waals surface area contributed by atoms with Crippen LogP contribution >= 0.6 is 27.5 Å². The molecule has 1 saturated carbocycles. The van der Waals surface area contributed by atoms with Gasteiger partial charge in [-0.15, -0.1) is 0 Å². The number of rotatable bonds is 4. The summed E-state index contributed by atoms with van der Waals surface area (Å²) >= 11 is 9.59. The second-order valence-electron chi connectivity index (χ2n) is 4.50. The Hall–Kier alpha value is -1.00. The van der Waals surface area contributed by atoms with Crippen LogP contribution in [0, 0.1) is 0 Å². The first kappa shape index (κ1) is 12.1. The molecule has 1 aliphatic carbocycles. The molecule has 0 radical (unpaired) electrons. The van der Waals surface area contributed by atoms with Crippen LogP contribution in [0.3, 0.4) is 0 Å². The third-order valence-corrected chi connectivity index (χ3v) is 3.90. The number of benzene rings is 1. The van der Waals surface area contributed by atoms with Crippen LogP contribution in [0.15, 0.2) is 35.2 Å². The van der Waals surface area contributed by atoms with Crippen LogP contribution in [0.4, 0.5) is 5.69 Å². The van der Waals surface area contributed by atoms with Crippen molar-refractivity contribution < 1.29 is 0 Å². The minimum atomic E-state index is 0.655. The van der Waals surface area contributed by atoms with Crippen LogP contribution in [0.1, 0.15) is 24.6 Å². The highest BCUT2D eigenvalue weighted by molar-refractivity contribution is 9.10. The summed E-state index contributed by atoms with van der Waals surface area (Å²) in [5.41, 5.74) is 2.14. The van der Waals surface area contributed by atoms with Gasteiger partial charge in [-0.3, -0.25) is 0 Å². The molecule has 94 valence electrons. The van der Waals surface area contributed by atoms with Crippen LogP contribution in [0.2, 0.25) is 5.02 Å². The monoisotopic (exact) mass is 325 g/mol. The zero-order chi connectivity index (χ0) is 12.5. The Bertz CT molecular complexity index is 563. The van der Waals surface area contributed by atoms with Crippen molar-refractivity contribution in [1.82, 2.24) is 9.55 Å². The van der Waals surface area contributed by atoms with Crippen LogP contribution in [0.5, 0.6) is 0 Å². The molecule has 0 spiro atoms. The van der Waals surface area contributed by atoms with Crippen molar-refractivity contribution in [3.63, 3.8) is 0 Å². The van der Waals surface area contributed by atoms with Crippen molar-refractivity contribution in [3.05, 3.63) is 45.9 Å². The maximum atomic E-state index is 6.15. The van der Waals surface area contributed by atoms with E-state index in [1.54, 1.807) is 0 Å². The number of nitrogens with one attached hydrogen (secondary N) is 1. The molecule has 3 rings (SSSR count). The molecule has 0 amide bonds. The minimum Gasteiger partial charge on any atom is -0.378 e. The van der Waals surface area contributed by atoms with Crippen LogP contribution in [-0.2, 0) is 6.54 Å². The van der Waals surface area contributed by atoms with Gasteiger partial charge in [-0.2, -0.15) is 0 Å². The van der Waals surface area contributed by atoms with E-state index in [4.69, 9.17) is 11.6 Å². The maximum absolute atomic E-state index is 6.15. The summed E-state index contributed by atoms with van der Waals surface area (Å²) < 4.78 is 3.27. The quantitative estimate of drug-likeness (QED) is 0.910. The van der Waals surface area contributed by atoms with Gasteiger partial charge in [-0.25, -0.2) is 4.98 Å². The number of nitrogens with zero attached hydrogens (tertiary/aromatic N) is 2. The molecule has 1 aromatic heterocycles. The zero-order valence-corrected chi connectivity index (χ0v) is 12.1. The van der Waals surface area contributed by atoms with Crippen molar-refractivity contribution in [1.29, 1.82) is 0 Å². The Labute approximate surface area is 119 Å². The number of anilines is 1. The van der Waals surface area contributed by atoms with Crippen molar-refractivity contribution in [2.75, 3.05) is 5.32 Å². The average Bonchev–Trinajstić information content (AvgIpc) is 3.10. The summed E-state index contributed by atoms with van der Waals surface area (Å²) in [6.07, 6.45) is 6.36. The Kier molecular flexibility index (Phi) is 3.31. The molecule has 1 aromatic carbocycles. The van der Waals surface area contributed by atoms with E-state index in [0.717, 1.165) is 21.7 Å². The molecule has 0 atom stereocenters. The molecular weight excluding hydrogens is 314 g/mol. The number of imidazole rings is 1. The van der Waals surface area contributed by atoms with Crippen molar-refractivity contribution >= 4 is 33.2 Å². The Balaban J connectivity index is 1.73. The van der Waals surface area contributed by atoms with Gasteiger partial charge < -0.3 is 9.88 Å². The van der Waals surface area contributed by atoms with Gasteiger partial charge in [0.1, 0.15) is 0 Å². The molecule has 0 unspecified atom stereocenters. The van der Waals surface area contributed by atoms with E-state index < -0.39 is 0 Å². The van der Waals surface area contributed by atoms with Gasteiger partial charge in [0.25, 0.3) is 0 Å². The first-order valence-corrected chi connectivity index (χ1v) is 7.11. The molecule has 1 aliphatic rings. The zero-order valence-electron chi connectivity index (χ0n) is 9.74. The molecule has 5 heteroatoms. The summed E-state index contributed by atoms with van der Waals surface area (Å²) in [5.74, 6) is 0. The van der Waals surface area contributed by atoms with Gasteiger partial charge in [-0.1, -0.05) is 27.5 Å². The van der Waals surface area contributed by atoms with Crippen LogP contribution in [-0.4, -0.2) is 9.55 Å². The SMILES string of the molecule is Clc1ccc(Br)cc1NCc1cncn1C1CC1. The lowest BCUT2D eigenvalue weighted by Crippen LogP contribution is -2.06. The fraction of sp³-hybridized carbons (Fsp3) is 0.308. The lowest BCUT2D eigenvalue weighted by molar-refractivity contribution is 0.701. The Morgan fingerprint density at radius 3 is 3.06 bits per heavy atom. The van der Waals surface area contributed by atoms with Crippen LogP contribution in [0.25, 0.3) is 0 Å². The van der Waals surface area contributed by atoms with Gasteiger partial charge in [0, 0.05) is 16.7 Å². The first-order valence-electron chi connectivity index (χ1n) is 5.93. The van der Waals surface area contributed by atoms with Gasteiger partial charge in [0.05, 0.1) is 29.3 Å². The molecule has 2 aromatic rings. The molecule has 3 nitrogen and oxygen atoms in total. The van der Waals surface area contributed by atoms with E-state index >= 15 is 0 Å². The highest BCUT2D eigenvalue weighted by Crippen LogP contribution is 2.36. The lowest BCUT2D eigenvalue weighted by atomic mass is 10.3. The van der Waals surface area contributed by atoms with Crippen LogP contribution < -0.4 is 5.32 Å². The first-order chi connectivity index (χ1) is 8.74. The molecule has 1 heterocycles. The molecule has 1 N–H and O–H groups in total. The number of aromatic nitrogens is 2. The second kappa shape index (κ2) is 4.94. The van der Waals surface area contributed by atoms with E-state index in [9.17, 15) is 0 Å². The van der Waals surface area contributed by atoms with E-state index in [2.05, 4.69) is 30.8 Å². The fourth-order valence-electron chi connectivity index (χ4n) is 1.97. The molecular formula is C13H13BrClN3. The summed E-state index contributed by atoms with van der Waals surface area (Å²) in [6, 6.07) is 6.45. The summed E-state index contributed by atoms with van der Waals surface area (Å²) in [7, 11) is 0. The van der Waals surface area contributed by atoms with Crippen molar-refractivity contribution in [2.45, 2.75) is 25.4 Å². The molecule has 0 saturated heterocycles. The summed E-state index contributed by atoms with van der Waals surface area (Å²) in [4.78, 5) is 4.22. The molecule has 0 bridgehead atoms. The maximum Gasteiger partial charge on any atom is 0.0951 e. The predicted octanol–water partition coefficient (Wildman–Crippen LogP) is 4.25. The van der Waals surface area contributed by atoms with E-state index in [0.29, 0.717) is 6.04 Å². The number of hydrogen-bond donors (Lipinski definition) is 1. The molecule has 1 fully saturated rings. The number of halogens is 2. The summed E-state index contributed by atoms with van der Waals surface area (Å²) in [5, 5.41) is 4.09. The molecule has 0 aliphatic heterocycles. The largest absolute Gasteiger partial charge is 0.378 e. The smallest absolute Gasteiger partial charge is 0.0951 e. The summed E-state index contributed by atoms with van der Waals surface area (Å²) in [6.45, 7) is 0.743. The average molecular weight is 327 g/mol. The third-order valence-electron chi connectivity index (χ3n) is 3.07. The predicted molar refractivity (Wildman–Crippen MR) is 77.0 cm³/mol. The Morgan fingerprint density at radius 1 is 1.44 bits per heavy atom. The van der Waals surface area contributed by atoms with E-state index in [1.165, 1.54) is 18.5 Å². The second-order valence-corrected chi connectivity index (χ2v) is 5.82. The van der Waals surface area contributed by atoms with Crippen molar-refractivity contribution in [3.8, 4) is 0 Å². The van der Waals surface area contributed by atoms with Gasteiger partial charge in [0.15, 0.2) is 0 Å².